The van der Waals surface area contributed by atoms with Gasteiger partial charge in [0.05, 0.1) is 12.2 Å². The van der Waals surface area contributed by atoms with Crippen molar-refractivity contribution in [3.8, 4) is 0 Å². The number of hydrogen-bond donors (Lipinski definition) is 0. The molecule has 0 bridgehead atoms. The maximum absolute atomic E-state index is 11.8. The molecule has 0 N–H and O–H groups in total. The van der Waals surface area contributed by atoms with E-state index in [4.69, 9.17) is 4.74 Å². The van der Waals surface area contributed by atoms with Crippen LogP contribution in [0.5, 0.6) is 0 Å². The normalized spacial score (nSPS) is 22.1. The van der Waals surface area contributed by atoms with E-state index in [2.05, 4.69) is 15.9 Å². The maximum Gasteiger partial charge on any atom is 0.415 e. The van der Waals surface area contributed by atoms with E-state index in [1.165, 1.54) is 0 Å². The fourth-order valence-electron chi connectivity index (χ4n) is 2.31. The molecule has 1 aromatic rings. The molecule has 1 spiro atoms. The lowest BCUT2D eigenvalue weighted by Gasteiger charge is -2.35. The predicted molar refractivity (Wildman–Crippen MR) is 64.6 cm³/mol. The van der Waals surface area contributed by atoms with Gasteiger partial charge in [-0.3, -0.25) is 4.90 Å². The fraction of sp³-hybridized carbons (Fsp3) is 0.417. The van der Waals surface area contributed by atoms with E-state index in [1.807, 2.05) is 24.3 Å². The molecule has 1 aromatic carbocycles. The van der Waals surface area contributed by atoms with E-state index >= 15 is 0 Å². The van der Waals surface area contributed by atoms with Gasteiger partial charge in [-0.05, 0) is 47.3 Å². The van der Waals surface area contributed by atoms with Gasteiger partial charge in [-0.15, -0.1) is 0 Å². The summed E-state index contributed by atoms with van der Waals surface area (Å²) in [5.74, 6) is 0. The lowest BCUT2D eigenvalue weighted by Crippen LogP contribution is -2.41. The summed E-state index contributed by atoms with van der Waals surface area (Å²) < 4.78 is 6.41. The Morgan fingerprint density at radius 3 is 2.62 bits per heavy atom. The molecule has 0 aromatic heterocycles. The largest absolute Gasteiger partial charge is 0.441 e. The zero-order chi connectivity index (χ0) is 11.2. The first-order chi connectivity index (χ1) is 7.70. The van der Waals surface area contributed by atoms with Gasteiger partial charge in [0.15, 0.2) is 0 Å². The minimum absolute atomic E-state index is 0.188. The molecule has 0 atom stereocenters. The van der Waals surface area contributed by atoms with Crippen LogP contribution in [-0.4, -0.2) is 18.2 Å². The van der Waals surface area contributed by atoms with E-state index in [9.17, 15) is 4.79 Å². The summed E-state index contributed by atoms with van der Waals surface area (Å²) in [6.45, 7) is 0.689. The van der Waals surface area contributed by atoms with Crippen molar-refractivity contribution in [2.45, 2.75) is 24.9 Å². The van der Waals surface area contributed by atoms with Gasteiger partial charge in [-0.1, -0.05) is 12.1 Å². The van der Waals surface area contributed by atoms with Gasteiger partial charge in [-0.2, -0.15) is 0 Å². The topological polar surface area (TPSA) is 29.5 Å². The van der Waals surface area contributed by atoms with Gasteiger partial charge in [-0.25, -0.2) is 4.79 Å². The predicted octanol–water partition coefficient (Wildman–Crippen LogP) is 3.33. The molecular weight excluding hydrogens is 270 g/mol. The number of halogens is 1. The van der Waals surface area contributed by atoms with Crippen molar-refractivity contribution in [2.75, 3.05) is 11.4 Å². The van der Waals surface area contributed by atoms with E-state index in [1.54, 1.807) is 4.90 Å². The quantitative estimate of drug-likeness (QED) is 0.790. The molecule has 1 aliphatic carbocycles. The Labute approximate surface area is 103 Å². The number of carbonyl (C=O) groups excluding carboxylic acids is 1. The molecule has 0 unspecified atom stereocenters. The zero-order valence-corrected chi connectivity index (χ0v) is 10.4. The number of nitrogens with zero attached hydrogens (tertiary/aromatic N) is 1. The molecule has 3 nitrogen and oxygen atoms in total. The molecule has 0 radical (unpaired) electrons. The Balaban J connectivity index is 1.91. The second-order valence-corrected chi connectivity index (χ2v) is 5.30. The second-order valence-electron chi connectivity index (χ2n) is 4.44. The molecule has 1 amide bonds. The van der Waals surface area contributed by atoms with E-state index in [-0.39, 0.29) is 11.7 Å². The van der Waals surface area contributed by atoms with E-state index in [0.717, 1.165) is 29.4 Å². The van der Waals surface area contributed by atoms with Crippen molar-refractivity contribution in [3.05, 3.63) is 28.7 Å². The Bertz CT molecular complexity index is 442. The number of rotatable bonds is 1. The van der Waals surface area contributed by atoms with Crippen molar-refractivity contribution in [1.82, 2.24) is 0 Å². The van der Waals surface area contributed by atoms with Crippen molar-refractivity contribution in [3.63, 3.8) is 0 Å². The average molecular weight is 282 g/mol. The molecule has 1 heterocycles. The Hall–Kier alpha value is -1.03. The lowest BCUT2D eigenvalue weighted by atomic mass is 9.80. The number of hydrogen-bond acceptors (Lipinski definition) is 2. The minimum Gasteiger partial charge on any atom is -0.441 e. The van der Waals surface area contributed by atoms with Crippen LogP contribution in [0.15, 0.2) is 28.7 Å². The van der Waals surface area contributed by atoms with Crippen LogP contribution in [0.25, 0.3) is 0 Å². The Kier molecular flexibility index (Phi) is 2.21. The standard InChI is InChI=1S/C12H12BrNO2/c13-9-4-1-2-5-10(9)14-8-12(6-3-7-12)16-11(14)15/h1-2,4-5H,3,6-8H2. The van der Waals surface area contributed by atoms with E-state index in [0.29, 0.717) is 6.54 Å². The SMILES string of the molecule is O=C1OC2(CCC2)CN1c1ccccc1Br. The third-order valence-corrected chi connectivity index (χ3v) is 4.05. The van der Waals surface area contributed by atoms with Crippen LogP contribution in [0.2, 0.25) is 0 Å². The van der Waals surface area contributed by atoms with Gasteiger partial charge in [0.1, 0.15) is 5.60 Å². The molecule has 1 saturated carbocycles. The van der Waals surface area contributed by atoms with E-state index < -0.39 is 0 Å². The van der Waals surface area contributed by atoms with Gasteiger partial charge >= 0.3 is 6.09 Å². The van der Waals surface area contributed by atoms with Crippen LogP contribution in [0.4, 0.5) is 10.5 Å². The highest BCUT2D eigenvalue weighted by molar-refractivity contribution is 9.10. The average Bonchev–Trinajstić information content (AvgIpc) is 2.57. The summed E-state index contributed by atoms with van der Waals surface area (Å²) in [4.78, 5) is 13.5. The Morgan fingerprint density at radius 1 is 1.31 bits per heavy atom. The number of anilines is 1. The summed E-state index contributed by atoms with van der Waals surface area (Å²) in [6.07, 6.45) is 2.95. The molecule has 1 aliphatic heterocycles. The molecule has 16 heavy (non-hydrogen) atoms. The molecule has 4 heteroatoms. The van der Waals surface area contributed by atoms with Gasteiger partial charge in [0, 0.05) is 4.47 Å². The summed E-state index contributed by atoms with van der Waals surface area (Å²) in [5, 5.41) is 0. The van der Waals surface area contributed by atoms with Crippen molar-refractivity contribution >= 4 is 27.7 Å². The number of carbonyl (C=O) groups is 1. The van der Waals surface area contributed by atoms with Crippen LogP contribution in [0, 0.1) is 0 Å². The highest BCUT2D eigenvalue weighted by Gasteiger charge is 2.50. The summed E-state index contributed by atoms with van der Waals surface area (Å²) in [5.41, 5.74) is 0.711. The number of ether oxygens (including phenoxy) is 1. The summed E-state index contributed by atoms with van der Waals surface area (Å²) in [7, 11) is 0. The smallest absolute Gasteiger partial charge is 0.415 e. The molecule has 2 aliphatic rings. The van der Waals surface area contributed by atoms with Crippen LogP contribution in [-0.2, 0) is 4.74 Å². The highest BCUT2D eigenvalue weighted by atomic mass is 79.9. The second kappa shape index (κ2) is 3.48. The molecule has 1 saturated heterocycles. The Morgan fingerprint density at radius 2 is 2.06 bits per heavy atom. The first-order valence-corrected chi connectivity index (χ1v) is 6.25. The lowest BCUT2D eigenvalue weighted by molar-refractivity contribution is -0.00649. The summed E-state index contributed by atoms with van der Waals surface area (Å²) >= 11 is 3.46. The number of amides is 1. The molecule has 84 valence electrons. The monoisotopic (exact) mass is 281 g/mol. The van der Waals surface area contributed by atoms with Gasteiger partial charge in [0.25, 0.3) is 0 Å². The molecule has 3 rings (SSSR count). The number of benzene rings is 1. The summed E-state index contributed by atoms with van der Waals surface area (Å²) in [6, 6.07) is 7.74. The van der Waals surface area contributed by atoms with Crippen LogP contribution in [0.3, 0.4) is 0 Å². The van der Waals surface area contributed by atoms with Crippen LogP contribution in [0.1, 0.15) is 19.3 Å². The van der Waals surface area contributed by atoms with Crippen molar-refractivity contribution < 1.29 is 9.53 Å². The van der Waals surface area contributed by atoms with Crippen molar-refractivity contribution in [1.29, 1.82) is 0 Å². The maximum atomic E-state index is 11.8. The van der Waals surface area contributed by atoms with Crippen LogP contribution < -0.4 is 4.90 Å². The number of para-hydroxylation sites is 1. The van der Waals surface area contributed by atoms with Crippen LogP contribution >= 0.6 is 15.9 Å². The zero-order valence-electron chi connectivity index (χ0n) is 8.78. The first-order valence-electron chi connectivity index (χ1n) is 5.45. The first kappa shape index (κ1) is 10.1. The molecule has 2 fully saturated rings. The van der Waals surface area contributed by atoms with Gasteiger partial charge in [0.2, 0.25) is 0 Å². The molecular formula is C12H12BrNO2. The van der Waals surface area contributed by atoms with Gasteiger partial charge < -0.3 is 4.74 Å². The highest BCUT2D eigenvalue weighted by Crippen LogP contribution is 2.43. The minimum atomic E-state index is -0.216. The fourth-order valence-corrected chi connectivity index (χ4v) is 2.81. The third kappa shape index (κ3) is 1.44. The third-order valence-electron chi connectivity index (χ3n) is 3.38. The van der Waals surface area contributed by atoms with Crippen molar-refractivity contribution in [2.24, 2.45) is 0 Å².